The molecule has 0 radical (unpaired) electrons. The van der Waals surface area contributed by atoms with Gasteiger partial charge in [0.05, 0.1) is 10.9 Å². The minimum Gasteiger partial charge on any atom is -0.352 e. The highest BCUT2D eigenvalue weighted by Gasteiger charge is 2.23. The van der Waals surface area contributed by atoms with Crippen molar-refractivity contribution >= 4 is 27.9 Å². The lowest BCUT2D eigenvalue weighted by molar-refractivity contribution is 0.312. The third kappa shape index (κ3) is 3.95. The van der Waals surface area contributed by atoms with E-state index in [0.717, 1.165) is 48.6 Å². The van der Waals surface area contributed by atoms with Crippen molar-refractivity contribution in [2.45, 2.75) is 6.54 Å². The molecule has 184 valence electrons. The minimum atomic E-state index is -0.412. The summed E-state index contributed by atoms with van der Waals surface area (Å²) in [7, 11) is 6.08. The zero-order valence-electron chi connectivity index (χ0n) is 20.5. The normalized spacial score (nSPS) is 15.0. The van der Waals surface area contributed by atoms with Crippen molar-refractivity contribution in [1.29, 1.82) is 0 Å². The highest BCUT2D eigenvalue weighted by atomic mass is 19.1. The number of anilines is 1. The quantitative estimate of drug-likeness (QED) is 0.391. The fourth-order valence-corrected chi connectivity index (χ4v) is 4.70. The van der Waals surface area contributed by atoms with E-state index >= 15 is 4.39 Å². The second-order valence-corrected chi connectivity index (χ2v) is 9.51. The molecule has 6 heterocycles. The molecule has 11 heteroatoms. The minimum absolute atomic E-state index is 0.290. The Balaban J connectivity index is 1.43. The Kier molecular flexibility index (Phi) is 5.57. The Labute approximate surface area is 207 Å². The van der Waals surface area contributed by atoms with Crippen LogP contribution in [0.5, 0.6) is 0 Å². The Morgan fingerprint density at radius 3 is 2.72 bits per heavy atom. The third-order valence-electron chi connectivity index (χ3n) is 6.55. The standard InChI is InChI=1S/C25H27FN10/c1-34(2)14-15-10-16(12-27-11-15)17-13-29-23-19(20(17)26)22(32-33-23)24-30-18-4-5-28-25(21(18)31-24)36-8-6-35(3)7-9-36/h4-5,10-13H,6-9,14H2,1-3H3,(H,30,31)(H,29,32,33). The predicted molar refractivity (Wildman–Crippen MR) is 137 cm³/mol. The predicted octanol–water partition coefficient (Wildman–Crippen LogP) is 2.91. The molecule has 0 atom stereocenters. The van der Waals surface area contributed by atoms with Crippen LogP contribution in [0.3, 0.4) is 0 Å². The number of imidazole rings is 1. The summed E-state index contributed by atoms with van der Waals surface area (Å²) in [5.41, 5.74) is 4.36. The van der Waals surface area contributed by atoms with Crippen molar-refractivity contribution in [3.63, 3.8) is 0 Å². The van der Waals surface area contributed by atoms with Gasteiger partial charge in [-0.25, -0.2) is 19.3 Å². The number of rotatable bonds is 5. The van der Waals surface area contributed by atoms with E-state index in [9.17, 15) is 0 Å². The number of fused-ring (bicyclic) bond motifs is 2. The maximum absolute atomic E-state index is 16.0. The van der Waals surface area contributed by atoms with Gasteiger partial charge in [0, 0.05) is 68.6 Å². The number of H-pyrrole nitrogens is 2. The number of piperazine rings is 1. The molecular formula is C25H27FN10. The van der Waals surface area contributed by atoms with E-state index in [-0.39, 0.29) is 0 Å². The number of pyridine rings is 3. The number of nitrogens with zero attached hydrogens (tertiary/aromatic N) is 8. The van der Waals surface area contributed by atoms with Crippen molar-refractivity contribution in [2.24, 2.45) is 0 Å². The van der Waals surface area contributed by atoms with Gasteiger partial charge in [0.2, 0.25) is 0 Å². The lowest BCUT2D eigenvalue weighted by Crippen LogP contribution is -2.44. The summed E-state index contributed by atoms with van der Waals surface area (Å²) in [6, 6.07) is 3.82. The second kappa shape index (κ2) is 8.92. The molecule has 1 aliphatic rings. The van der Waals surface area contributed by atoms with Gasteiger partial charge in [0.1, 0.15) is 17.0 Å². The molecule has 0 aromatic carbocycles. The molecule has 0 amide bonds. The zero-order chi connectivity index (χ0) is 24.8. The van der Waals surface area contributed by atoms with E-state index < -0.39 is 5.82 Å². The fourth-order valence-electron chi connectivity index (χ4n) is 4.70. The fraction of sp³-hybridized carbons (Fsp3) is 0.320. The monoisotopic (exact) mass is 486 g/mol. The van der Waals surface area contributed by atoms with E-state index in [2.05, 4.69) is 47.0 Å². The van der Waals surface area contributed by atoms with Crippen LogP contribution in [0.25, 0.3) is 44.7 Å². The van der Waals surface area contributed by atoms with Gasteiger partial charge in [-0.2, -0.15) is 5.10 Å². The van der Waals surface area contributed by atoms with Gasteiger partial charge < -0.3 is 19.7 Å². The largest absolute Gasteiger partial charge is 0.352 e. The van der Waals surface area contributed by atoms with Gasteiger partial charge in [-0.15, -0.1) is 0 Å². The molecule has 0 saturated carbocycles. The maximum atomic E-state index is 16.0. The number of halogens is 1. The van der Waals surface area contributed by atoms with Gasteiger partial charge in [-0.1, -0.05) is 0 Å². The lowest BCUT2D eigenvalue weighted by Gasteiger charge is -2.33. The molecule has 5 aromatic rings. The van der Waals surface area contributed by atoms with Crippen LogP contribution in [-0.2, 0) is 6.54 Å². The smallest absolute Gasteiger partial charge is 0.184 e. The van der Waals surface area contributed by atoms with Gasteiger partial charge in [-0.05, 0) is 38.8 Å². The summed E-state index contributed by atoms with van der Waals surface area (Å²) < 4.78 is 16.0. The van der Waals surface area contributed by atoms with Crippen molar-refractivity contribution in [2.75, 3.05) is 52.2 Å². The molecule has 6 rings (SSSR count). The molecule has 5 aromatic heterocycles. The van der Waals surface area contributed by atoms with E-state index in [4.69, 9.17) is 4.98 Å². The van der Waals surface area contributed by atoms with Gasteiger partial charge in [0.15, 0.2) is 17.3 Å². The summed E-state index contributed by atoms with van der Waals surface area (Å²) in [6.45, 7) is 4.38. The number of aromatic nitrogens is 7. The molecule has 1 saturated heterocycles. The highest BCUT2D eigenvalue weighted by Crippen LogP contribution is 2.34. The van der Waals surface area contributed by atoms with Crippen molar-refractivity contribution in [3.8, 4) is 22.6 Å². The van der Waals surface area contributed by atoms with Crippen LogP contribution in [0.4, 0.5) is 10.2 Å². The molecule has 1 fully saturated rings. The number of hydrogen-bond donors (Lipinski definition) is 2. The topological polar surface area (TPSA) is 106 Å². The van der Waals surface area contributed by atoms with Crippen LogP contribution >= 0.6 is 0 Å². The molecule has 0 bridgehead atoms. The summed E-state index contributed by atoms with van der Waals surface area (Å²) in [4.78, 5) is 28.1. The third-order valence-corrected chi connectivity index (χ3v) is 6.55. The Hall–Kier alpha value is -3.96. The first-order valence-corrected chi connectivity index (χ1v) is 11.9. The maximum Gasteiger partial charge on any atom is 0.184 e. The second-order valence-electron chi connectivity index (χ2n) is 9.51. The Morgan fingerprint density at radius 1 is 1.08 bits per heavy atom. The van der Waals surface area contributed by atoms with E-state index in [1.54, 1.807) is 18.6 Å². The molecule has 0 aliphatic carbocycles. The summed E-state index contributed by atoms with van der Waals surface area (Å²) >= 11 is 0. The highest BCUT2D eigenvalue weighted by molar-refractivity contribution is 5.95. The molecule has 10 nitrogen and oxygen atoms in total. The summed E-state index contributed by atoms with van der Waals surface area (Å²) in [5.74, 6) is 0.911. The first kappa shape index (κ1) is 22.5. The van der Waals surface area contributed by atoms with E-state index in [1.165, 1.54) is 6.20 Å². The first-order valence-electron chi connectivity index (χ1n) is 11.9. The average Bonchev–Trinajstić information content (AvgIpc) is 3.49. The zero-order valence-corrected chi connectivity index (χ0v) is 20.5. The van der Waals surface area contributed by atoms with Crippen molar-refractivity contribution in [1.82, 2.24) is 44.9 Å². The van der Waals surface area contributed by atoms with Crippen molar-refractivity contribution in [3.05, 3.63) is 48.3 Å². The lowest BCUT2D eigenvalue weighted by atomic mass is 10.1. The molecule has 0 spiro atoms. The molecule has 2 N–H and O–H groups in total. The average molecular weight is 487 g/mol. The molecular weight excluding hydrogens is 459 g/mol. The Morgan fingerprint density at radius 2 is 1.92 bits per heavy atom. The Bertz CT molecular complexity index is 1550. The first-order chi connectivity index (χ1) is 17.5. The number of likely N-dealkylation sites (N-methyl/N-ethyl adjacent to an activating group) is 1. The van der Waals surface area contributed by atoms with E-state index in [1.807, 2.05) is 31.1 Å². The van der Waals surface area contributed by atoms with Crippen LogP contribution in [0.15, 0.2) is 36.9 Å². The molecule has 0 unspecified atom stereocenters. The van der Waals surface area contributed by atoms with Crippen LogP contribution in [0.1, 0.15) is 5.56 Å². The molecule has 1 aliphatic heterocycles. The van der Waals surface area contributed by atoms with E-state index in [0.29, 0.717) is 40.2 Å². The van der Waals surface area contributed by atoms with Gasteiger partial charge in [-0.3, -0.25) is 10.1 Å². The number of hydrogen-bond acceptors (Lipinski definition) is 8. The van der Waals surface area contributed by atoms with Gasteiger partial charge >= 0.3 is 0 Å². The summed E-state index contributed by atoms with van der Waals surface area (Å²) in [5, 5.41) is 7.48. The van der Waals surface area contributed by atoms with Crippen LogP contribution in [0.2, 0.25) is 0 Å². The molecule has 36 heavy (non-hydrogen) atoms. The number of aromatic amines is 2. The van der Waals surface area contributed by atoms with Crippen LogP contribution in [-0.4, -0.2) is 92.2 Å². The van der Waals surface area contributed by atoms with Crippen LogP contribution < -0.4 is 4.90 Å². The number of nitrogens with one attached hydrogen (secondary N) is 2. The van der Waals surface area contributed by atoms with Crippen LogP contribution in [0, 0.1) is 5.82 Å². The summed E-state index contributed by atoms with van der Waals surface area (Å²) in [6.07, 6.45) is 6.72. The van der Waals surface area contributed by atoms with Gasteiger partial charge in [0.25, 0.3) is 0 Å². The SMILES string of the molecule is CN(C)Cc1cncc(-c2cnc3n[nH]c(-c4nc5c(N6CCN(C)CC6)nccc5[nH]4)c3c2F)c1. The van der Waals surface area contributed by atoms with Crippen molar-refractivity contribution < 1.29 is 4.39 Å².